The predicted molar refractivity (Wildman–Crippen MR) is 85.4 cm³/mol. The van der Waals surface area contributed by atoms with Crippen LogP contribution in [0.3, 0.4) is 0 Å². The number of anilines is 1. The molecule has 116 valence electrons. The van der Waals surface area contributed by atoms with E-state index in [1.54, 1.807) is 13.4 Å². The summed E-state index contributed by atoms with van der Waals surface area (Å²) in [4.78, 5) is 8.65. The third kappa shape index (κ3) is 3.74. The molecule has 2 aromatic rings. The fourth-order valence-corrected chi connectivity index (χ4v) is 2.62. The van der Waals surface area contributed by atoms with Crippen LogP contribution in [0.5, 0.6) is 5.75 Å². The van der Waals surface area contributed by atoms with Gasteiger partial charge in [0.15, 0.2) is 0 Å². The van der Waals surface area contributed by atoms with Gasteiger partial charge in [0.05, 0.1) is 19.4 Å². The molecular weight excluding hydrogens is 278 g/mol. The van der Waals surface area contributed by atoms with E-state index in [9.17, 15) is 0 Å². The first-order valence-electron chi connectivity index (χ1n) is 7.61. The number of nitrogens with one attached hydrogen (secondary N) is 1. The lowest BCUT2D eigenvalue weighted by molar-refractivity contribution is 0.193. The smallest absolute Gasteiger partial charge is 0.129 e. The molecule has 3 rings (SSSR count). The fraction of sp³-hybridized carbons (Fsp3) is 0.412. The fourth-order valence-electron chi connectivity index (χ4n) is 2.62. The van der Waals surface area contributed by atoms with Gasteiger partial charge in [-0.2, -0.15) is 0 Å². The number of benzene rings is 1. The highest BCUT2D eigenvalue weighted by atomic mass is 16.5. The van der Waals surface area contributed by atoms with E-state index in [-0.39, 0.29) is 0 Å². The van der Waals surface area contributed by atoms with Crippen molar-refractivity contribution in [2.24, 2.45) is 0 Å². The summed E-state index contributed by atoms with van der Waals surface area (Å²) < 4.78 is 10.7. The highest BCUT2D eigenvalue weighted by Crippen LogP contribution is 2.24. The van der Waals surface area contributed by atoms with E-state index in [4.69, 9.17) is 9.47 Å². The van der Waals surface area contributed by atoms with E-state index in [0.717, 1.165) is 49.9 Å². The molecule has 0 bridgehead atoms. The number of rotatable bonds is 6. The first kappa shape index (κ1) is 14.8. The molecule has 1 N–H and O–H groups in total. The van der Waals surface area contributed by atoms with Gasteiger partial charge in [0.25, 0.3) is 0 Å². The zero-order chi connectivity index (χ0) is 15.2. The molecular formula is C17H21N3O2. The van der Waals surface area contributed by atoms with Gasteiger partial charge >= 0.3 is 0 Å². The van der Waals surface area contributed by atoms with Gasteiger partial charge < -0.3 is 14.8 Å². The first-order chi connectivity index (χ1) is 10.8. The monoisotopic (exact) mass is 299 g/mol. The highest BCUT2D eigenvalue weighted by molar-refractivity contribution is 5.36. The second kappa shape index (κ2) is 7.22. The summed E-state index contributed by atoms with van der Waals surface area (Å²) in [5.74, 6) is 2.17. The zero-order valence-electron chi connectivity index (χ0n) is 12.8. The second-order valence-corrected chi connectivity index (χ2v) is 5.42. The van der Waals surface area contributed by atoms with Gasteiger partial charge in [0, 0.05) is 25.1 Å². The average molecular weight is 299 g/mol. The Labute approximate surface area is 130 Å². The van der Waals surface area contributed by atoms with E-state index >= 15 is 0 Å². The summed E-state index contributed by atoms with van der Waals surface area (Å²) in [5, 5.41) is 3.36. The van der Waals surface area contributed by atoms with Crippen LogP contribution in [-0.2, 0) is 11.2 Å². The van der Waals surface area contributed by atoms with E-state index in [2.05, 4.69) is 27.4 Å². The number of nitrogens with zero attached hydrogens (tertiary/aromatic N) is 2. The summed E-state index contributed by atoms with van der Waals surface area (Å²) in [6.45, 7) is 2.42. The molecule has 0 unspecified atom stereocenters. The predicted octanol–water partition coefficient (Wildman–Crippen LogP) is 2.64. The summed E-state index contributed by atoms with van der Waals surface area (Å²) in [6, 6.07) is 10.2. The number of ether oxygens (including phenoxy) is 2. The zero-order valence-corrected chi connectivity index (χ0v) is 12.8. The Morgan fingerprint density at radius 2 is 2.27 bits per heavy atom. The minimum atomic E-state index is 0.405. The maximum atomic E-state index is 5.42. The number of hydrogen-bond donors (Lipinski definition) is 1. The first-order valence-corrected chi connectivity index (χ1v) is 7.61. The molecule has 2 heterocycles. The molecule has 1 aromatic carbocycles. The largest absolute Gasteiger partial charge is 0.497 e. The number of methoxy groups -OCH3 is 1. The van der Waals surface area contributed by atoms with Crippen molar-refractivity contribution in [3.8, 4) is 5.75 Å². The summed E-state index contributed by atoms with van der Waals surface area (Å²) in [7, 11) is 1.69. The maximum Gasteiger partial charge on any atom is 0.129 e. The minimum absolute atomic E-state index is 0.405. The molecule has 0 spiro atoms. The van der Waals surface area contributed by atoms with Gasteiger partial charge in [0.1, 0.15) is 17.9 Å². The quantitative estimate of drug-likeness (QED) is 0.888. The summed E-state index contributed by atoms with van der Waals surface area (Å²) in [6.07, 6.45) is 3.59. The topological polar surface area (TPSA) is 56.3 Å². The van der Waals surface area contributed by atoms with Crippen LogP contribution >= 0.6 is 0 Å². The van der Waals surface area contributed by atoms with Gasteiger partial charge in [-0.05, 0) is 30.5 Å². The third-order valence-electron chi connectivity index (χ3n) is 3.89. The molecule has 0 saturated carbocycles. The number of aromatic nitrogens is 2. The SMILES string of the molecule is COc1cccc(CCNc2cc([C@@H]3CCOC3)ncn2)c1. The van der Waals surface area contributed by atoms with E-state index in [1.165, 1.54) is 5.56 Å². The minimum Gasteiger partial charge on any atom is -0.497 e. The second-order valence-electron chi connectivity index (χ2n) is 5.42. The van der Waals surface area contributed by atoms with Gasteiger partial charge in [-0.3, -0.25) is 0 Å². The van der Waals surface area contributed by atoms with Crippen LogP contribution in [0.15, 0.2) is 36.7 Å². The Morgan fingerprint density at radius 1 is 1.32 bits per heavy atom. The van der Waals surface area contributed by atoms with Crippen LogP contribution < -0.4 is 10.1 Å². The van der Waals surface area contributed by atoms with E-state index < -0.39 is 0 Å². The van der Waals surface area contributed by atoms with Crippen molar-refractivity contribution in [1.82, 2.24) is 9.97 Å². The normalized spacial score (nSPS) is 17.4. The molecule has 1 aliphatic heterocycles. The lowest BCUT2D eigenvalue weighted by Gasteiger charge is -2.10. The molecule has 5 nitrogen and oxygen atoms in total. The van der Waals surface area contributed by atoms with Crippen molar-refractivity contribution in [2.45, 2.75) is 18.8 Å². The van der Waals surface area contributed by atoms with Crippen molar-refractivity contribution in [1.29, 1.82) is 0 Å². The molecule has 0 radical (unpaired) electrons. The molecule has 0 aliphatic carbocycles. The van der Waals surface area contributed by atoms with Crippen molar-refractivity contribution in [3.05, 3.63) is 47.9 Å². The Balaban J connectivity index is 1.55. The highest BCUT2D eigenvalue weighted by Gasteiger charge is 2.19. The van der Waals surface area contributed by atoms with Gasteiger partial charge in [-0.1, -0.05) is 12.1 Å². The van der Waals surface area contributed by atoms with Gasteiger partial charge in [-0.25, -0.2) is 9.97 Å². The van der Waals surface area contributed by atoms with Crippen LogP contribution in [-0.4, -0.2) is 36.8 Å². The third-order valence-corrected chi connectivity index (χ3v) is 3.89. The molecule has 22 heavy (non-hydrogen) atoms. The molecule has 1 fully saturated rings. The molecule has 1 atom stereocenters. The molecule has 1 aromatic heterocycles. The lowest BCUT2D eigenvalue weighted by Crippen LogP contribution is -2.08. The van der Waals surface area contributed by atoms with Crippen LogP contribution in [0.25, 0.3) is 0 Å². The van der Waals surface area contributed by atoms with E-state index in [1.807, 2.05) is 18.2 Å². The van der Waals surface area contributed by atoms with E-state index in [0.29, 0.717) is 5.92 Å². The average Bonchev–Trinajstić information content (AvgIpc) is 3.10. The Kier molecular flexibility index (Phi) is 4.85. The van der Waals surface area contributed by atoms with Crippen molar-refractivity contribution >= 4 is 5.82 Å². The maximum absolute atomic E-state index is 5.42. The van der Waals surface area contributed by atoms with Crippen molar-refractivity contribution in [2.75, 3.05) is 32.2 Å². The van der Waals surface area contributed by atoms with Crippen LogP contribution in [0.2, 0.25) is 0 Å². The standard InChI is InChI=1S/C17H21N3O2/c1-21-15-4-2-3-13(9-15)5-7-18-17-10-16(19-12-20-17)14-6-8-22-11-14/h2-4,9-10,12,14H,5-8,11H2,1H3,(H,18,19,20)/t14-/m1/s1. The van der Waals surface area contributed by atoms with Gasteiger partial charge in [-0.15, -0.1) is 0 Å². The summed E-state index contributed by atoms with van der Waals surface area (Å²) >= 11 is 0. The van der Waals surface area contributed by atoms with Crippen LogP contribution in [0, 0.1) is 0 Å². The Bertz CT molecular complexity index is 612. The number of hydrogen-bond acceptors (Lipinski definition) is 5. The summed E-state index contributed by atoms with van der Waals surface area (Å²) in [5.41, 5.74) is 2.31. The Hall–Kier alpha value is -2.14. The Morgan fingerprint density at radius 3 is 3.09 bits per heavy atom. The van der Waals surface area contributed by atoms with Crippen molar-refractivity contribution in [3.63, 3.8) is 0 Å². The van der Waals surface area contributed by atoms with Crippen LogP contribution in [0.1, 0.15) is 23.6 Å². The molecule has 0 amide bonds. The van der Waals surface area contributed by atoms with Crippen LogP contribution in [0.4, 0.5) is 5.82 Å². The van der Waals surface area contributed by atoms with Gasteiger partial charge in [0.2, 0.25) is 0 Å². The molecule has 1 aliphatic rings. The molecule has 1 saturated heterocycles. The molecule has 5 heteroatoms. The van der Waals surface area contributed by atoms with Crippen molar-refractivity contribution < 1.29 is 9.47 Å². The lowest BCUT2D eigenvalue weighted by atomic mass is 10.1.